The van der Waals surface area contributed by atoms with E-state index in [1.54, 1.807) is 0 Å². The van der Waals surface area contributed by atoms with E-state index >= 15 is 0 Å². The van der Waals surface area contributed by atoms with Crippen molar-refractivity contribution >= 4 is 21.8 Å². The summed E-state index contributed by atoms with van der Waals surface area (Å²) in [5.74, 6) is 1.26. The lowest BCUT2D eigenvalue weighted by Crippen LogP contribution is -2.38. The van der Waals surface area contributed by atoms with Gasteiger partial charge in [-0.3, -0.25) is 4.79 Å². The Hall–Kier alpha value is -0.830. The Kier molecular flexibility index (Phi) is 4.67. The van der Waals surface area contributed by atoms with E-state index in [0.29, 0.717) is 17.9 Å². The lowest BCUT2D eigenvalue weighted by atomic mass is 10.0. The predicted molar refractivity (Wildman–Crippen MR) is 82.9 cm³/mol. The molecule has 0 bridgehead atoms. The molecule has 1 amide bonds. The molecule has 0 saturated carbocycles. The molecule has 0 radical (unpaired) electrons. The SMILES string of the molecule is CC(C)c1ccc(C(=O)N2CCC(C)C2CBr)cc1. The van der Waals surface area contributed by atoms with Crippen LogP contribution < -0.4 is 0 Å². The largest absolute Gasteiger partial charge is 0.335 e. The molecule has 104 valence electrons. The Morgan fingerprint density at radius 2 is 2.00 bits per heavy atom. The van der Waals surface area contributed by atoms with Crippen LogP contribution in [0.1, 0.15) is 49.0 Å². The average Bonchev–Trinajstić information content (AvgIpc) is 2.79. The fourth-order valence-electron chi connectivity index (χ4n) is 2.67. The number of halogens is 1. The van der Waals surface area contributed by atoms with Crippen molar-refractivity contribution in [3.8, 4) is 0 Å². The van der Waals surface area contributed by atoms with Crippen LogP contribution in [0.4, 0.5) is 0 Å². The van der Waals surface area contributed by atoms with E-state index in [-0.39, 0.29) is 5.91 Å². The summed E-state index contributed by atoms with van der Waals surface area (Å²) in [6.07, 6.45) is 1.10. The molecule has 2 rings (SSSR count). The first-order valence-electron chi connectivity index (χ1n) is 7.01. The summed E-state index contributed by atoms with van der Waals surface area (Å²) in [6, 6.07) is 8.40. The molecule has 1 fully saturated rings. The predicted octanol–water partition coefficient (Wildman–Crippen LogP) is 4.06. The van der Waals surface area contributed by atoms with E-state index in [1.165, 1.54) is 5.56 Å². The van der Waals surface area contributed by atoms with Crippen molar-refractivity contribution in [3.05, 3.63) is 35.4 Å². The van der Waals surface area contributed by atoms with Crippen LogP contribution >= 0.6 is 15.9 Å². The molecule has 2 nitrogen and oxygen atoms in total. The van der Waals surface area contributed by atoms with Gasteiger partial charge in [0.25, 0.3) is 5.91 Å². The van der Waals surface area contributed by atoms with Crippen molar-refractivity contribution in [2.45, 2.75) is 39.2 Å². The van der Waals surface area contributed by atoms with Gasteiger partial charge in [-0.05, 0) is 36.0 Å². The van der Waals surface area contributed by atoms with Crippen molar-refractivity contribution in [1.29, 1.82) is 0 Å². The summed E-state index contributed by atoms with van der Waals surface area (Å²) in [4.78, 5) is 14.6. The minimum atomic E-state index is 0.170. The molecule has 19 heavy (non-hydrogen) atoms. The van der Waals surface area contributed by atoms with Crippen molar-refractivity contribution in [2.75, 3.05) is 11.9 Å². The third-order valence-electron chi connectivity index (χ3n) is 4.13. The Balaban J connectivity index is 2.15. The fraction of sp³-hybridized carbons (Fsp3) is 0.562. The number of amides is 1. The highest BCUT2D eigenvalue weighted by Crippen LogP contribution is 2.27. The average molecular weight is 324 g/mol. The molecule has 1 saturated heterocycles. The molecular formula is C16H22BrNO. The van der Waals surface area contributed by atoms with Gasteiger partial charge in [0.1, 0.15) is 0 Å². The van der Waals surface area contributed by atoms with Crippen molar-refractivity contribution < 1.29 is 4.79 Å². The van der Waals surface area contributed by atoms with Crippen LogP contribution in [0.15, 0.2) is 24.3 Å². The third kappa shape index (κ3) is 3.02. The standard InChI is InChI=1S/C16H22BrNO/c1-11(2)13-4-6-14(7-5-13)16(19)18-9-8-12(3)15(18)10-17/h4-7,11-12,15H,8-10H2,1-3H3. The second-order valence-electron chi connectivity index (χ2n) is 5.76. The zero-order chi connectivity index (χ0) is 14.0. The monoisotopic (exact) mass is 323 g/mol. The third-order valence-corrected chi connectivity index (χ3v) is 4.79. The summed E-state index contributed by atoms with van der Waals surface area (Å²) < 4.78 is 0. The lowest BCUT2D eigenvalue weighted by molar-refractivity contribution is 0.0738. The maximum atomic E-state index is 12.5. The summed E-state index contributed by atoms with van der Waals surface area (Å²) in [5.41, 5.74) is 2.09. The van der Waals surface area contributed by atoms with E-state index in [2.05, 4.69) is 48.8 Å². The van der Waals surface area contributed by atoms with Gasteiger partial charge in [-0.2, -0.15) is 0 Å². The molecule has 2 unspecified atom stereocenters. The number of benzene rings is 1. The van der Waals surface area contributed by atoms with Crippen molar-refractivity contribution in [2.24, 2.45) is 5.92 Å². The van der Waals surface area contributed by atoms with Crippen LogP contribution in [0, 0.1) is 5.92 Å². The first-order chi connectivity index (χ1) is 9.04. The first-order valence-corrected chi connectivity index (χ1v) is 8.13. The second-order valence-corrected chi connectivity index (χ2v) is 6.41. The van der Waals surface area contributed by atoms with Gasteiger partial charge >= 0.3 is 0 Å². The van der Waals surface area contributed by atoms with Gasteiger partial charge in [0.15, 0.2) is 0 Å². The number of hydrogen-bond acceptors (Lipinski definition) is 1. The maximum absolute atomic E-state index is 12.5. The zero-order valence-corrected chi connectivity index (χ0v) is 13.5. The topological polar surface area (TPSA) is 20.3 Å². The Morgan fingerprint density at radius 3 is 2.53 bits per heavy atom. The quantitative estimate of drug-likeness (QED) is 0.768. The summed E-state index contributed by atoms with van der Waals surface area (Å²) >= 11 is 3.53. The van der Waals surface area contributed by atoms with E-state index in [1.807, 2.05) is 17.0 Å². The van der Waals surface area contributed by atoms with Crippen LogP contribution in [-0.2, 0) is 0 Å². The highest BCUT2D eigenvalue weighted by atomic mass is 79.9. The van der Waals surface area contributed by atoms with E-state index < -0.39 is 0 Å². The number of nitrogens with zero attached hydrogens (tertiary/aromatic N) is 1. The molecule has 2 atom stereocenters. The van der Waals surface area contributed by atoms with Crippen molar-refractivity contribution in [3.63, 3.8) is 0 Å². The van der Waals surface area contributed by atoms with E-state index in [0.717, 1.165) is 23.9 Å². The molecule has 1 aromatic carbocycles. The fourth-order valence-corrected chi connectivity index (χ4v) is 3.66. The molecule has 1 heterocycles. The summed E-state index contributed by atoms with van der Waals surface area (Å²) in [7, 11) is 0. The highest BCUT2D eigenvalue weighted by molar-refractivity contribution is 9.09. The Morgan fingerprint density at radius 1 is 1.37 bits per heavy atom. The van der Waals surface area contributed by atoms with Gasteiger partial charge in [0.2, 0.25) is 0 Å². The second kappa shape index (κ2) is 6.08. The molecule has 1 aromatic rings. The van der Waals surface area contributed by atoms with Gasteiger partial charge in [-0.25, -0.2) is 0 Å². The van der Waals surface area contributed by atoms with Crippen LogP contribution in [-0.4, -0.2) is 28.7 Å². The highest BCUT2D eigenvalue weighted by Gasteiger charge is 2.33. The van der Waals surface area contributed by atoms with Crippen LogP contribution in [0.5, 0.6) is 0 Å². The molecule has 0 aliphatic carbocycles. The Labute approximate surface area is 124 Å². The zero-order valence-electron chi connectivity index (χ0n) is 11.9. The number of likely N-dealkylation sites (tertiary alicyclic amines) is 1. The minimum absolute atomic E-state index is 0.170. The lowest BCUT2D eigenvalue weighted by Gasteiger charge is -2.25. The number of alkyl halides is 1. The van der Waals surface area contributed by atoms with E-state index in [9.17, 15) is 4.79 Å². The normalized spacial score (nSPS) is 23.1. The van der Waals surface area contributed by atoms with Gasteiger partial charge in [0, 0.05) is 23.5 Å². The smallest absolute Gasteiger partial charge is 0.254 e. The molecule has 0 aromatic heterocycles. The van der Waals surface area contributed by atoms with Gasteiger partial charge < -0.3 is 4.90 Å². The molecule has 0 spiro atoms. The van der Waals surface area contributed by atoms with Crippen LogP contribution in [0.3, 0.4) is 0 Å². The molecular weight excluding hydrogens is 302 g/mol. The molecule has 1 aliphatic rings. The number of carbonyl (C=O) groups excluding carboxylic acids is 1. The number of rotatable bonds is 3. The van der Waals surface area contributed by atoms with E-state index in [4.69, 9.17) is 0 Å². The number of carbonyl (C=O) groups is 1. The molecule has 3 heteroatoms. The summed E-state index contributed by atoms with van der Waals surface area (Å²) in [6.45, 7) is 7.43. The van der Waals surface area contributed by atoms with Gasteiger partial charge in [0.05, 0.1) is 0 Å². The summed E-state index contributed by atoms with van der Waals surface area (Å²) in [5, 5.41) is 0.865. The minimum Gasteiger partial charge on any atom is -0.335 e. The van der Waals surface area contributed by atoms with Crippen LogP contribution in [0.2, 0.25) is 0 Å². The van der Waals surface area contributed by atoms with Crippen molar-refractivity contribution in [1.82, 2.24) is 4.90 Å². The Bertz CT molecular complexity index is 441. The molecule has 1 aliphatic heterocycles. The number of hydrogen-bond donors (Lipinski definition) is 0. The van der Waals surface area contributed by atoms with Gasteiger partial charge in [-0.15, -0.1) is 0 Å². The first kappa shape index (κ1) is 14.6. The van der Waals surface area contributed by atoms with Gasteiger partial charge in [-0.1, -0.05) is 48.8 Å². The molecule has 0 N–H and O–H groups in total. The maximum Gasteiger partial charge on any atom is 0.254 e. The van der Waals surface area contributed by atoms with Crippen LogP contribution in [0.25, 0.3) is 0 Å².